The second-order valence-electron chi connectivity index (χ2n) is 7.59. The highest BCUT2D eigenvalue weighted by Crippen LogP contribution is 2.30. The van der Waals surface area contributed by atoms with E-state index >= 15 is 0 Å². The van der Waals surface area contributed by atoms with Crippen LogP contribution in [0.4, 0.5) is 5.69 Å². The molecule has 0 bridgehead atoms. The van der Waals surface area contributed by atoms with Gasteiger partial charge in [0, 0.05) is 40.4 Å². The van der Waals surface area contributed by atoms with Gasteiger partial charge in [0.15, 0.2) is 0 Å². The molecule has 0 fully saturated rings. The van der Waals surface area contributed by atoms with Crippen molar-refractivity contribution in [1.82, 2.24) is 9.88 Å². The Balaban J connectivity index is 1.50. The van der Waals surface area contributed by atoms with Crippen molar-refractivity contribution in [2.45, 2.75) is 17.9 Å². The first-order valence-electron chi connectivity index (χ1n) is 9.43. The predicted octanol–water partition coefficient (Wildman–Crippen LogP) is 4.76. The molecule has 0 saturated carbocycles. The molecule has 1 aliphatic rings. The molecule has 0 amide bonds. The van der Waals surface area contributed by atoms with E-state index < -0.39 is 10.0 Å². The van der Waals surface area contributed by atoms with Crippen LogP contribution in [0.3, 0.4) is 0 Å². The maximum Gasteiger partial charge on any atom is 0.261 e. The Bertz CT molecular complexity index is 1360. The van der Waals surface area contributed by atoms with Crippen LogP contribution in [0.15, 0.2) is 59.5 Å². The topological polar surface area (TPSA) is 65.2 Å². The van der Waals surface area contributed by atoms with Gasteiger partial charge in [0.1, 0.15) is 0 Å². The lowest BCUT2D eigenvalue weighted by Crippen LogP contribution is -2.26. The number of hydrogen-bond acceptors (Lipinski definition) is 3. The summed E-state index contributed by atoms with van der Waals surface area (Å²) in [7, 11) is -1.60. The van der Waals surface area contributed by atoms with Gasteiger partial charge in [0.05, 0.1) is 4.90 Å². The average molecular weight is 426 g/mol. The van der Waals surface area contributed by atoms with Crippen LogP contribution < -0.4 is 4.72 Å². The fraction of sp³-hybridized carbons (Fsp3) is 0.182. The van der Waals surface area contributed by atoms with E-state index in [0.29, 0.717) is 10.7 Å². The molecule has 2 heterocycles. The number of likely N-dealkylation sites (N-methyl/N-ethyl adjacent to an activating group) is 1. The van der Waals surface area contributed by atoms with Crippen LogP contribution in [0.1, 0.15) is 11.3 Å². The highest BCUT2D eigenvalue weighted by Gasteiger charge is 2.20. The summed E-state index contributed by atoms with van der Waals surface area (Å²) in [6.45, 7) is 1.88. The fourth-order valence-corrected chi connectivity index (χ4v) is 5.28. The van der Waals surface area contributed by atoms with Crippen LogP contribution >= 0.6 is 11.6 Å². The molecule has 7 heteroatoms. The largest absolute Gasteiger partial charge is 0.357 e. The van der Waals surface area contributed by atoms with Gasteiger partial charge in [-0.25, -0.2) is 8.42 Å². The Kier molecular flexibility index (Phi) is 4.31. The molecule has 0 atom stereocenters. The molecule has 0 unspecified atom stereocenters. The van der Waals surface area contributed by atoms with Crippen molar-refractivity contribution in [2.24, 2.45) is 0 Å². The van der Waals surface area contributed by atoms with Crippen molar-refractivity contribution in [3.8, 4) is 0 Å². The molecule has 4 aromatic rings. The number of sulfonamides is 1. The van der Waals surface area contributed by atoms with Crippen molar-refractivity contribution < 1.29 is 8.42 Å². The number of aromatic nitrogens is 1. The molecular weight excluding hydrogens is 406 g/mol. The minimum atomic E-state index is -3.70. The van der Waals surface area contributed by atoms with E-state index in [1.807, 2.05) is 24.3 Å². The van der Waals surface area contributed by atoms with E-state index in [2.05, 4.69) is 21.7 Å². The lowest BCUT2D eigenvalue weighted by atomic mass is 10.0. The molecule has 0 saturated heterocycles. The number of hydrogen-bond donors (Lipinski definition) is 2. The molecule has 29 heavy (non-hydrogen) atoms. The number of nitrogens with zero attached hydrogens (tertiary/aromatic N) is 1. The number of anilines is 1. The Labute approximate surface area is 174 Å². The van der Waals surface area contributed by atoms with Crippen molar-refractivity contribution in [3.63, 3.8) is 0 Å². The van der Waals surface area contributed by atoms with E-state index in [1.54, 1.807) is 30.3 Å². The molecule has 1 aliphatic heterocycles. The standard InChI is InChI=1S/C22H20ClN3O2S/c1-26-9-8-19-20-12-17(5-7-21(20)24-22(19)13-26)25-29(27,28)18-6-3-14-10-16(23)4-2-15(14)11-18/h2-7,10-12,24-25H,8-9,13H2,1H3. The van der Waals surface area contributed by atoms with E-state index in [1.165, 1.54) is 11.3 Å². The molecule has 5 nitrogen and oxygen atoms in total. The van der Waals surface area contributed by atoms with Gasteiger partial charge >= 0.3 is 0 Å². The van der Waals surface area contributed by atoms with Gasteiger partial charge in [-0.3, -0.25) is 4.72 Å². The van der Waals surface area contributed by atoms with Gasteiger partial charge < -0.3 is 9.88 Å². The number of nitrogens with one attached hydrogen (secondary N) is 2. The van der Waals surface area contributed by atoms with Crippen LogP contribution in [-0.2, 0) is 23.0 Å². The molecule has 0 radical (unpaired) electrons. The highest BCUT2D eigenvalue weighted by molar-refractivity contribution is 7.92. The average Bonchev–Trinajstić information content (AvgIpc) is 3.04. The lowest BCUT2D eigenvalue weighted by molar-refractivity contribution is 0.310. The van der Waals surface area contributed by atoms with Gasteiger partial charge in [-0.05, 0) is 72.3 Å². The summed E-state index contributed by atoms with van der Waals surface area (Å²) < 4.78 is 28.7. The third kappa shape index (κ3) is 3.37. The van der Waals surface area contributed by atoms with Gasteiger partial charge in [-0.15, -0.1) is 0 Å². The van der Waals surface area contributed by atoms with Gasteiger partial charge in [0.25, 0.3) is 10.0 Å². The van der Waals surface area contributed by atoms with Crippen LogP contribution in [0, 0.1) is 0 Å². The molecule has 0 spiro atoms. The summed E-state index contributed by atoms with van der Waals surface area (Å²) in [5.41, 5.74) is 4.09. The van der Waals surface area contributed by atoms with Gasteiger partial charge in [-0.1, -0.05) is 23.7 Å². The van der Waals surface area contributed by atoms with Gasteiger partial charge in [0.2, 0.25) is 0 Å². The Morgan fingerprint density at radius 2 is 1.83 bits per heavy atom. The van der Waals surface area contributed by atoms with E-state index in [0.717, 1.165) is 41.2 Å². The lowest BCUT2D eigenvalue weighted by Gasteiger charge is -2.22. The molecule has 3 aromatic carbocycles. The van der Waals surface area contributed by atoms with Crippen molar-refractivity contribution in [1.29, 1.82) is 0 Å². The second kappa shape index (κ2) is 6.76. The molecular formula is C22H20ClN3O2S. The number of aromatic amines is 1. The summed E-state index contributed by atoms with van der Waals surface area (Å²) in [6.07, 6.45) is 0.954. The van der Waals surface area contributed by atoms with Crippen molar-refractivity contribution >= 4 is 49.0 Å². The number of rotatable bonds is 3. The molecule has 1 aromatic heterocycles. The van der Waals surface area contributed by atoms with E-state index in [9.17, 15) is 8.42 Å². The maximum atomic E-state index is 13.0. The van der Waals surface area contributed by atoms with E-state index in [4.69, 9.17) is 11.6 Å². The Hall–Kier alpha value is -2.54. The third-order valence-corrected chi connectivity index (χ3v) is 7.12. The minimum Gasteiger partial charge on any atom is -0.357 e. The molecule has 5 rings (SSSR count). The number of benzene rings is 3. The number of H-pyrrole nitrogens is 1. The summed E-state index contributed by atoms with van der Waals surface area (Å²) in [4.78, 5) is 5.96. The molecule has 0 aliphatic carbocycles. The van der Waals surface area contributed by atoms with Crippen molar-refractivity contribution in [3.05, 3.63) is 70.9 Å². The van der Waals surface area contributed by atoms with Crippen LogP contribution in [0.5, 0.6) is 0 Å². The van der Waals surface area contributed by atoms with Gasteiger partial charge in [-0.2, -0.15) is 0 Å². The number of fused-ring (bicyclic) bond motifs is 4. The smallest absolute Gasteiger partial charge is 0.261 e. The van der Waals surface area contributed by atoms with Crippen LogP contribution in [-0.4, -0.2) is 31.9 Å². The molecule has 2 N–H and O–H groups in total. The number of halogens is 1. The Morgan fingerprint density at radius 3 is 2.69 bits per heavy atom. The Morgan fingerprint density at radius 1 is 1.03 bits per heavy atom. The van der Waals surface area contributed by atoms with Crippen LogP contribution in [0.25, 0.3) is 21.7 Å². The zero-order chi connectivity index (χ0) is 20.2. The minimum absolute atomic E-state index is 0.227. The summed E-state index contributed by atoms with van der Waals surface area (Å²) in [5.74, 6) is 0. The zero-order valence-electron chi connectivity index (χ0n) is 15.9. The zero-order valence-corrected chi connectivity index (χ0v) is 17.4. The first kappa shape index (κ1) is 18.5. The second-order valence-corrected chi connectivity index (χ2v) is 9.71. The summed E-state index contributed by atoms with van der Waals surface area (Å²) in [6, 6.07) is 16.1. The van der Waals surface area contributed by atoms with Crippen molar-refractivity contribution in [2.75, 3.05) is 18.3 Å². The monoisotopic (exact) mass is 425 g/mol. The first-order valence-corrected chi connectivity index (χ1v) is 11.3. The predicted molar refractivity (Wildman–Crippen MR) is 118 cm³/mol. The third-order valence-electron chi connectivity index (χ3n) is 5.50. The summed E-state index contributed by atoms with van der Waals surface area (Å²) >= 11 is 6.02. The first-order chi connectivity index (χ1) is 13.9. The highest BCUT2D eigenvalue weighted by atomic mass is 35.5. The van der Waals surface area contributed by atoms with E-state index in [-0.39, 0.29) is 4.90 Å². The summed E-state index contributed by atoms with van der Waals surface area (Å²) in [5, 5.41) is 3.44. The molecule has 148 valence electrons. The maximum absolute atomic E-state index is 13.0. The SMILES string of the molecule is CN1CCc2c([nH]c3ccc(NS(=O)(=O)c4ccc5cc(Cl)ccc5c4)cc23)C1. The quantitative estimate of drug-likeness (QED) is 0.497. The van der Waals surface area contributed by atoms with Crippen LogP contribution in [0.2, 0.25) is 5.02 Å². The normalized spacial score (nSPS) is 15.0. The fourth-order valence-electron chi connectivity index (χ4n) is 4.02.